The van der Waals surface area contributed by atoms with E-state index in [1.54, 1.807) is 0 Å². The molecule has 1 aliphatic rings. The lowest BCUT2D eigenvalue weighted by molar-refractivity contribution is -0.138. The Labute approximate surface area is 110 Å². The van der Waals surface area contributed by atoms with E-state index in [4.69, 9.17) is 0 Å². The third-order valence-corrected chi connectivity index (χ3v) is 3.52. The first-order chi connectivity index (χ1) is 8.39. The van der Waals surface area contributed by atoms with Gasteiger partial charge in [-0.3, -0.25) is 9.59 Å². The summed E-state index contributed by atoms with van der Waals surface area (Å²) in [5, 5.41) is 2.84. The number of rotatable bonds is 5. The normalized spacial score (nSPS) is 25.3. The highest BCUT2D eigenvalue weighted by Gasteiger charge is 2.38. The molecule has 0 spiro atoms. The zero-order chi connectivity index (χ0) is 13.8. The summed E-state index contributed by atoms with van der Waals surface area (Å²) in [6, 6.07) is 0. The second kappa shape index (κ2) is 6.18. The molecule has 0 aromatic rings. The molecule has 1 aliphatic heterocycles. The number of nitrogens with one attached hydrogen (secondary N) is 1. The van der Waals surface area contributed by atoms with E-state index >= 15 is 0 Å². The van der Waals surface area contributed by atoms with Gasteiger partial charge < -0.3 is 15.1 Å². The fourth-order valence-electron chi connectivity index (χ4n) is 2.14. The van der Waals surface area contributed by atoms with Crippen molar-refractivity contribution in [2.75, 3.05) is 33.7 Å². The average molecular weight is 255 g/mol. The number of hydrogen-bond acceptors (Lipinski definition) is 3. The maximum Gasteiger partial charge on any atom is 0.248 e. The summed E-state index contributed by atoms with van der Waals surface area (Å²) in [5.41, 5.74) is -0.730. The van der Waals surface area contributed by atoms with Crippen molar-refractivity contribution in [2.45, 2.75) is 38.6 Å². The fourth-order valence-corrected chi connectivity index (χ4v) is 2.14. The highest BCUT2D eigenvalue weighted by molar-refractivity contribution is 5.93. The molecule has 1 fully saturated rings. The minimum Gasteiger partial charge on any atom is -0.342 e. The first-order valence-corrected chi connectivity index (χ1v) is 6.64. The molecular weight excluding hydrogens is 230 g/mol. The predicted octanol–water partition coefficient (Wildman–Crippen LogP) is 0.455. The van der Waals surface area contributed by atoms with Crippen molar-refractivity contribution >= 4 is 11.8 Å². The van der Waals surface area contributed by atoms with Crippen LogP contribution in [0.5, 0.6) is 0 Å². The van der Waals surface area contributed by atoms with Gasteiger partial charge in [0, 0.05) is 19.5 Å². The van der Waals surface area contributed by atoms with Crippen LogP contribution in [0.25, 0.3) is 0 Å². The number of carbonyl (C=O) groups is 2. The monoisotopic (exact) mass is 255 g/mol. The van der Waals surface area contributed by atoms with Crippen LogP contribution in [0.4, 0.5) is 0 Å². The van der Waals surface area contributed by atoms with Crippen molar-refractivity contribution in [2.24, 2.45) is 0 Å². The molecule has 0 saturated carbocycles. The predicted molar refractivity (Wildman–Crippen MR) is 71.2 cm³/mol. The Hall–Kier alpha value is -1.10. The van der Waals surface area contributed by atoms with Gasteiger partial charge in [-0.25, -0.2) is 0 Å². The second-order valence-corrected chi connectivity index (χ2v) is 5.43. The third-order valence-electron chi connectivity index (χ3n) is 3.52. The highest BCUT2D eigenvalue weighted by atomic mass is 16.2. The maximum atomic E-state index is 12.4. The quantitative estimate of drug-likeness (QED) is 0.776. The zero-order valence-corrected chi connectivity index (χ0v) is 12.0. The first-order valence-electron chi connectivity index (χ1n) is 6.64. The number of carbonyl (C=O) groups excluding carboxylic acids is 2. The topological polar surface area (TPSA) is 52.7 Å². The summed E-state index contributed by atoms with van der Waals surface area (Å²) < 4.78 is 0. The van der Waals surface area contributed by atoms with Crippen LogP contribution in [0.3, 0.4) is 0 Å². The molecule has 0 aliphatic carbocycles. The zero-order valence-electron chi connectivity index (χ0n) is 12.0. The van der Waals surface area contributed by atoms with E-state index in [-0.39, 0.29) is 11.8 Å². The van der Waals surface area contributed by atoms with E-state index in [0.717, 1.165) is 19.5 Å². The van der Waals surface area contributed by atoms with E-state index in [1.165, 1.54) is 0 Å². The maximum absolute atomic E-state index is 12.4. The summed E-state index contributed by atoms with van der Waals surface area (Å²) in [6.45, 7) is 5.96. The van der Waals surface area contributed by atoms with Crippen molar-refractivity contribution in [1.29, 1.82) is 0 Å². The molecule has 5 heteroatoms. The van der Waals surface area contributed by atoms with Crippen molar-refractivity contribution in [3.05, 3.63) is 0 Å². The lowest BCUT2D eigenvalue weighted by Gasteiger charge is -2.31. The number of hydrogen-bond donors (Lipinski definition) is 1. The molecule has 0 aromatic carbocycles. The Morgan fingerprint density at radius 1 is 1.39 bits per heavy atom. The summed E-state index contributed by atoms with van der Waals surface area (Å²) in [6.07, 6.45) is 1.97. The number of amides is 2. The van der Waals surface area contributed by atoms with Crippen LogP contribution < -0.4 is 5.32 Å². The molecule has 1 N–H and O–H groups in total. The summed E-state index contributed by atoms with van der Waals surface area (Å²) in [7, 11) is 4.04. The lowest BCUT2D eigenvalue weighted by Crippen LogP contribution is -2.54. The Kier molecular flexibility index (Phi) is 5.14. The molecule has 0 bridgehead atoms. The average Bonchev–Trinajstić information content (AvgIpc) is 2.41. The molecular formula is C13H25N3O2. The molecule has 2 amide bonds. The smallest absolute Gasteiger partial charge is 0.248 e. The minimum absolute atomic E-state index is 0.0252. The van der Waals surface area contributed by atoms with Crippen molar-refractivity contribution in [1.82, 2.24) is 15.1 Å². The van der Waals surface area contributed by atoms with Gasteiger partial charge >= 0.3 is 0 Å². The summed E-state index contributed by atoms with van der Waals surface area (Å²) in [4.78, 5) is 28.0. The van der Waals surface area contributed by atoms with Crippen LogP contribution in [0.1, 0.15) is 33.1 Å². The largest absolute Gasteiger partial charge is 0.342 e. The second-order valence-electron chi connectivity index (χ2n) is 5.43. The van der Waals surface area contributed by atoms with Crippen LogP contribution in [-0.4, -0.2) is 60.9 Å². The van der Waals surface area contributed by atoms with Gasteiger partial charge in [-0.1, -0.05) is 6.92 Å². The Balaban J connectivity index is 2.66. The molecule has 1 heterocycles. The van der Waals surface area contributed by atoms with Crippen LogP contribution in [0.2, 0.25) is 0 Å². The fraction of sp³-hybridized carbons (Fsp3) is 0.846. The van der Waals surface area contributed by atoms with Gasteiger partial charge in [0.25, 0.3) is 0 Å². The van der Waals surface area contributed by atoms with Crippen molar-refractivity contribution in [3.8, 4) is 0 Å². The lowest BCUT2D eigenvalue weighted by atomic mass is 9.97. The Bertz CT molecular complexity index is 317. The van der Waals surface area contributed by atoms with Gasteiger partial charge in [-0.15, -0.1) is 0 Å². The van der Waals surface area contributed by atoms with Crippen LogP contribution >= 0.6 is 0 Å². The third kappa shape index (κ3) is 3.70. The summed E-state index contributed by atoms with van der Waals surface area (Å²) in [5.74, 6) is 0.0254. The molecule has 1 atom stereocenters. The first kappa shape index (κ1) is 15.0. The minimum atomic E-state index is -0.730. The Morgan fingerprint density at radius 2 is 2.06 bits per heavy atom. The van der Waals surface area contributed by atoms with E-state index in [2.05, 4.69) is 10.2 Å². The Morgan fingerprint density at radius 3 is 2.61 bits per heavy atom. The molecule has 0 radical (unpaired) electrons. The van der Waals surface area contributed by atoms with Gasteiger partial charge in [0.05, 0.1) is 0 Å². The van der Waals surface area contributed by atoms with Gasteiger partial charge in [0.2, 0.25) is 11.8 Å². The van der Waals surface area contributed by atoms with E-state index < -0.39 is 5.54 Å². The highest BCUT2D eigenvalue weighted by Crippen LogP contribution is 2.17. The van der Waals surface area contributed by atoms with Crippen LogP contribution in [0, 0.1) is 0 Å². The van der Waals surface area contributed by atoms with Gasteiger partial charge in [0.1, 0.15) is 5.54 Å². The van der Waals surface area contributed by atoms with Crippen LogP contribution in [-0.2, 0) is 9.59 Å². The van der Waals surface area contributed by atoms with Crippen molar-refractivity contribution < 1.29 is 9.59 Å². The standard InChI is InChI=1S/C13H25N3O2/c1-5-13(2)12(18)16(9-6-8-15(3)4)10-7-11(17)14-13/h5-10H2,1-4H3,(H,14,17). The molecule has 104 valence electrons. The van der Waals surface area contributed by atoms with Gasteiger partial charge in [-0.2, -0.15) is 0 Å². The van der Waals surface area contributed by atoms with Gasteiger partial charge in [0.15, 0.2) is 0 Å². The van der Waals surface area contributed by atoms with Crippen molar-refractivity contribution in [3.63, 3.8) is 0 Å². The molecule has 18 heavy (non-hydrogen) atoms. The molecule has 1 unspecified atom stereocenters. The van der Waals surface area contributed by atoms with Gasteiger partial charge in [-0.05, 0) is 40.4 Å². The van der Waals surface area contributed by atoms with E-state index in [9.17, 15) is 9.59 Å². The van der Waals surface area contributed by atoms with E-state index in [1.807, 2.05) is 32.8 Å². The number of nitrogens with zero attached hydrogens (tertiary/aromatic N) is 2. The molecule has 1 saturated heterocycles. The van der Waals surface area contributed by atoms with Crippen LogP contribution in [0.15, 0.2) is 0 Å². The molecule has 5 nitrogen and oxygen atoms in total. The summed E-state index contributed by atoms with van der Waals surface area (Å²) >= 11 is 0. The molecule has 1 rings (SSSR count). The molecule has 0 aromatic heterocycles. The SMILES string of the molecule is CCC1(C)NC(=O)CCN(CCCN(C)C)C1=O. The van der Waals surface area contributed by atoms with E-state index in [0.29, 0.717) is 19.4 Å².